The Kier molecular flexibility index (Phi) is 4.89. The predicted molar refractivity (Wildman–Crippen MR) is 78.5 cm³/mol. The number of hydrogen-bond donors (Lipinski definition) is 1. The van der Waals surface area contributed by atoms with Crippen LogP contribution in [0.5, 0.6) is 0 Å². The monoisotopic (exact) mass is 304 g/mol. The van der Waals surface area contributed by atoms with Crippen LogP contribution in [-0.4, -0.2) is 38.2 Å². The SMILES string of the molecule is CCOC(=O)C1SC(S(C)=O)=NNC12CCCCC2. The Labute approximate surface area is 120 Å². The molecule has 0 bridgehead atoms. The minimum absolute atomic E-state index is 0.222. The highest BCUT2D eigenvalue weighted by Crippen LogP contribution is 2.40. The van der Waals surface area contributed by atoms with Crippen LogP contribution in [0.1, 0.15) is 39.0 Å². The topological polar surface area (TPSA) is 67.8 Å². The summed E-state index contributed by atoms with van der Waals surface area (Å²) in [7, 11) is -1.17. The second-order valence-electron chi connectivity index (χ2n) is 4.91. The Morgan fingerprint density at radius 2 is 2.21 bits per heavy atom. The van der Waals surface area contributed by atoms with Gasteiger partial charge in [0, 0.05) is 6.26 Å². The lowest BCUT2D eigenvalue weighted by Gasteiger charge is -2.43. The van der Waals surface area contributed by atoms with Crippen LogP contribution in [-0.2, 0) is 20.3 Å². The summed E-state index contributed by atoms with van der Waals surface area (Å²) in [5.41, 5.74) is 2.81. The molecule has 1 fully saturated rings. The molecule has 1 heterocycles. The predicted octanol–water partition coefficient (Wildman–Crippen LogP) is 1.61. The van der Waals surface area contributed by atoms with Crippen molar-refractivity contribution in [3.63, 3.8) is 0 Å². The summed E-state index contributed by atoms with van der Waals surface area (Å²) < 4.78 is 17.2. The average Bonchev–Trinajstić information content (AvgIpc) is 2.40. The number of esters is 1. The number of hydrazone groups is 1. The van der Waals surface area contributed by atoms with Crippen molar-refractivity contribution in [1.82, 2.24) is 5.43 Å². The molecule has 5 nitrogen and oxygen atoms in total. The molecule has 0 amide bonds. The Bertz CT molecular complexity index is 406. The van der Waals surface area contributed by atoms with Crippen molar-refractivity contribution >= 4 is 32.9 Å². The van der Waals surface area contributed by atoms with E-state index in [0.717, 1.165) is 25.7 Å². The van der Waals surface area contributed by atoms with E-state index < -0.39 is 10.8 Å². The van der Waals surface area contributed by atoms with Crippen molar-refractivity contribution < 1.29 is 13.7 Å². The zero-order valence-electron chi connectivity index (χ0n) is 11.3. The summed E-state index contributed by atoms with van der Waals surface area (Å²) in [5.74, 6) is -0.222. The fraction of sp³-hybridized carbons (Fsp3) is 0.833. The minimum Gasteiger partial charge on any atom is -0.465 e. The van der Waals surface area contributed by atoms with E-state index in [0.29, 0.717) is 11.0 Å². The Morgan fingerprint density at radius 3 is 2.79 bits per heavy atom. The van der Waals surface area contributed by atoms with Gasteiger partial charge in [-0.2, -0.15) is 5.10 Å². The highest BCUT2D eigenvalue weighted by Gasteiger charge is 2.48. The van der Waals surface area contributed by atoms with Crippen LogP contribution in [0.4, 0.5) is 0 Å². The Balaban J connectivity index is 2.24. The van der Waals surface area contributed by atoms with Gasteiger partial charge >= 0.3 is 5.97 Å². The number of rotatable bonds is 2. The molecule has 108 valence electrons. The Hall–Kier alpha value is -0.560. The highest BCUT2D eigenvalue weighted by molar-refractivity contribution is 8.33. The Morgan fingerprint density at radius 1 is 1.53 bits per heavy atom. The zero-order chi connectivity index (χ0) is 13.9. The largest absolute Gasteiger partial charge is 0.465 e. The summed E-state index contributed by atoms with van der Waals surface area (Å²) in [4.78, 5) is 12.2. The second kappa shape index (κ2) is 6.26. The number of thioether (sulfide) groups is 1. The van der Waals surface area contributed by atoms with Crippen molar-refractivity contribution in [2.45, 2.75) is 49.8 Å². The van der Waals surface area contributed by atoms with Crippen molar-refractivity contribution in [3.05, 3.63) is 0 Å². The van der Waals surface area contributed by atoms with Gasteiger partial charge in [0.05, 0.1) is 22.9 Å². The third-order valence-electron chi connectivity index (χ3n) is 3.58. The lowest BCUT2D eigenvalue weighted by molar-refractivity contribution is -0.144. The maximum Gasteiger partial charge on any atom is 0.321 e. The molecule has 1 aliphatic carbocycles. The average molecular weight is 304 g/mol. The molecule has 19 heavy (non-hydrogen) atoms. The molecule has 7 heteroatoms. The summed E-state index contributed by atoms with van der Waals surface area (Å²) in [6, 6.07) is 0. The molecule has 0 aromatic heterocycles. The number of nitrogens with zero attached hydrogens (tertiary/aromatic N) is 1. The van der Waals surface area contributed by atoms with E-state index in [1.807, 2.05) is 0 Å². The summed E-state index contributed by atoms with van der Waals surface area (Å²) in [5, 5.41) is 3.88. The highest BCUT2D eigenvalue weighted by atomic mass is 32.2. The molecule has 2 aliphatic rings. The number of carbonyl (C=O) groups is 1. The van der Waals surface area contributed by atoms with Gasteiger partial charge in [0.2, 0.25) is 0 Å². The summed E-state index contributed by atoms with van der Waals surface area (Å²) >= 11 is 1.31. The van der Waals surface area contributed by atoms with Crippen LogP contribution in [0.2, 0.25) is 0 Å². The standard InChI is InChI=1S/C12H20N2O3S2/c1-3-17-10(15)9-12(7-5-4-6-8-12)14-13-11(18-9)19(2)16/h9,14H,3-8H2,1-2H3. The van der Waals surface area contributed by atoms with E-state index in [9.17, 15) is 9.00 Å². The smallest absolute Gasteiger partial charge is 0.321 e. The van der Waals surface area contributed by atoms with Gasteiger partial charge in [-0.3, -0.25) is 9.00 Å². The molecule has 1 N–H and O–H groups in total. The summed E-state index contributed by atoms with van der Waals surface area (Å²) in [6.07, 6.45) is 6.77. The van der Waals surface area contributed by atoms with Crippen LogP contribution in [0.15, 0.2) is 5.10 Å². The zero-order valence-corrected chi connectivity index (χ0v) is 12.9. The number of hydrogen-bond acceptors (Lipinski definition) is 6. The minimum atomic E-state index is -1.17. The van der Waals surface area contributed by atoms with Gasteiger partial charge in [-0.15, -0.1) is 0 Å². The van der Waals surface area contributed by atoms with Crippen LogP contribution >= 0.6 is 11.8 Å². The third kappa shape index (κ3) is 3.13. The van der Waals surface area contributed by atoms with E-state index >= 15 is 0 Å². The maximum atomic E-state index is 12.2. The molecule has 2 atom stereocenters. The molecule has 2 rings (SSSR count). The molecule has 1 saturated carbocycles. The van der Waals surface area contributed by atoms with E-state index in [1.54, 1.807) is 13.2 Å². The first kappa shape index (κ1) is 14.8. The molecular formula is C12H20N2O3S2. The van der Waals surface area contributed by atoms with Crippen molar-refractivity contribution in [1.29, 1.82) is 0 Å². The van der Waals surface area contributed by atoms with Crippen molar-refractivity contribution in [2.75, 3.05) is 12.9 Å². The first-order valence-electron chi connectivity index (χ1n) is 6.60. The molecular weight excluding hydrogens is 284 g/mol. The number of carbonyl (C=O) groups excluding carboxylic acids is 1. The third-order valence-corrected chi connectivity index (χ3v) is 6.33. The van der Waals surface area contributed by atoms with Gasteiger partial charge < -0.3 is 10.2 Å². The first-order chi connectivity index (χ1) is 9.09. The molecule has 2 unspecified atom stereocenters. The van der Waals surface area contributed by atoms with Gasteiger partial charge in [0.15, 0.2) is 4.38 Å². The normalized spacial score (nSPS) is 27.3. The molecule has 1 spiro atoms. The molecule has 0 radical (unpaired) electrons. The van der Waals surface area contributed by atoms with Crippen LogP contribution in [0, 0.1) is 0 Å². The molecule has 0 aromatic rings. The van der Waals surface area contributed by atoms with Gasteiger partial charge in [0.1, 0.15) is 5.25 Å². The second-order valence-corrected chi connectivity index (χ2v) is 7.56. The van der Waals surface area contributed by atoms with E-state index in [2.05, 4.69) is 10.5 Å². The lowest BCUT2D eigenvalue weighted by Crippen LogP contribution is -2.58. The molecule has 0 saturated heterocycles. The quantitative estimate of drug-likeness (QED) is 0.785. The van der Waals surface area contributed by atoms with E-state index in [1.165, 1.54) is 18.2 Å². The summed E-state index contributed by atoms with van der Waals surface area (Å²) in [6.45, 7) is 2.17. The van der Waals surface area contributed by atoms with Crippen molar-refractivity contribution in [3.8, 4) is 0 Å². The fourth-order valence-corrected chi connectivity index (χ4v) is 4.62. The van der Waals surface area contributed by atoms with Crippen LogP contribution in [0.25, 0.3) is 0 Å². The van der Waals surface area contributed by atoms with Gasteiger partial charge in [-0.1, -0.05) is 31.0 Å². The van der Waals surface area contributed by atoms with E-state index in [-0.39, 0.29) is 16.8 Å². The molecule has 1 aliphatic heterocycles. The maximum absolute atomic E-state index is 12.2. The first-order valence-corrected chi connectivity index (χ1v) is 9.04. The van der Waals surface area contributed by atoms with Crippen LogP contribution < -0.4 is 5.43 Å². The van der Waals surface area contributed by atoms with Gasteiger partial charge in [-0.05, 0) is 19.8 Å². The number of nitrogens with one attached hydrogen (secondary N) is 1. The van der Waals surface area contributed by atoms with E-state index in [4.69, 9.17) is 4.74 Å². The number of ether oxygens (including phenoxy) is 1. The van der Waals surface area contributed by atoms with Gasteiger partial charge in [0.25, 0.3) is 0 Å². The van der Waals surface area contributed by atoms with Crippen molar-refractivity contribution in [2.24, 2.45) is 5.10 Å². The van der Waals surface area contributed by atoms with Crippen LogP contribution in [0.3, 0.4) is 0 Å². The fourth-order valence-electron chi connectivity index (χ4n) is 2.64. The van der Waals surface area contributed by atoms with Gasteiger partial charge in [-0.25, -0.2) is 0 Å². The molecule has 0 aromatic carbocycles. The lowest BCUT2D eigenvalue weighted by atomic mass is 9.79.